The molecule has 0 spiro atoms. The Morgan fingerprint density at radius 1 is 1.05 bits per heavy atom. The molecular formula is C18H40N2O. The summed E-state index contributed by atoms with van der Waals surface area (Å²) in [5.41, 5.74) is 0.376. The first-order valence-electron chi connectivity index (χ1n) is 8.94. The summed E-state index contributed by atoms with van der Waals surface area (Å²) in [6.45, 7) is 17.9. The van der Waals surface area contributed by atoms with Crippen LogP contribution in [-0.4, -0.2) is 50.3 Å². The third-order valence-electron chi connectivity index (χ3n) is 4.97. The molecule has 1 N–H and O–H groups in total. The SMILES string of the molecule is CCC(CC)N(CCOC)CC(CC)(CC)CNC(C)C. The summed E-state index contributed by atoms with van der Waals surface area (Å²) in [7, 11) is 1.80. The van der Waals surface area contributed by atoms with Gasteiger partial charge < -0.3 is 10.1 Å². The lowest BCUT2D eigenvalue weighted by Gasteiger charge is -2.41. The Morgan fingerprint density at radius 2 is 1.62 bits per heavy atom. The van der Waals surface area contributed by atoms with Crippen molar-refractivity contribution in [2.24, 2.45) is 5.41 Å². The van der Waals surface area contributed by atoms with E-state index in [4.69, 9.17) is 4.74 Å². The van der Waals surface area contributed by atoms with Crippen LogP contribution in [0, 0.1) is 5.41 Å². The predicted molar refractivity (Wildman–Crippen MR) is 94.0 cm³/mol. The molecule has 0 atom stereocenters. The molecule has 0 aliphatic rings. The molecular weight excluding hydrogens is 260 g/mol. The minimum atomic E-state index is 0.376. The lowest BCUT2D eigenvalue weighted by molar-refractivity contribution is 0.0638. The maximum atomic E-state index is 5.33. The van der Waals surface area contributed by atoms with Crippen molar-refractivity contribution in [3.05, 3.63) is 0 Å². The van der Waals surface area contributed by atoms with Crippen LogP contribution in [0.25, 0.3) is 0 Å². The third-order valence-corrected chi connectivity index (χ3v) is 4.97. The molecule has 0 aromatic rings. The molecule has 128 valence electrons. The molecule has 0 saturated heterocycles. The van der Waals surface area contributed by atoms with Gasteiger partial charge in [0, 0.05) is 38.8 Å². The van der Waals surface area contributed by atoms with Crippen LogP contribution in [0.5, 0.6) is 0 Å². The Morgan fingerprint density at radius 3 is 2.00 bits per heavy atom. The van der Waals surface area contributed by atoms with E-state index < -0.39 is 0 Å². The molecule has 3 heteroatoms. The Hall–Kier alpha value is -0.120. The molecule has 21 heavy (non-hydrogen) atoms. The van der Waals surface area contributed by atoms with Gasteiger partial charge in [0.1, 0.15) is 0 Å². The normalized spacial score (nSPS) is 12.9. The van der Waals surface area contributed by atoms with Gasteiger partial charge in [0.15, 0.2) is 0 Å². The monoisotopic (exact) mass is 300 g/mol. The second kappa shape index (κ2) is 11.4. The number of ether oxygens (including phenoxy) is 1. The highest BCUT2D eigenvalue weighted by atomic mass is 16.5. The number of methoxy groups -OCH3 is 1. The van der Waals surface area contributed by atoms with Crippen LogP contribution in [0.15, 0.2) is 0 Å². The summed E-state index contributed by atoms with van der Waals surface area (Å²) in [5.74, 6) is 0. The van der Waals surface area contributed by atoms with Crippen molar-refractivity contribution in [1.29, 1.82) is 0 Å². The van der Waals surface area contributed by atoms with E-state index in [1.165, 1.54) is 32.2 Å². The summed E-state index contributed by atoms with van der Waals surface area (Å²) in [4.78, 5) is 2.67. The van der Waals surface area contributed by atoms with Crippen molar-refractivity contribution in [2.75, 3.05) is 33.4 Å². The van der Waals surface area contributed by atoms with Crippen molar-refractivity contribution >= 4 is 0 Å². The molecule has 0 fully saturated rings. The largest absolute Gasteiger partial charge is 0.383 e. The topological polar surface area (TPSA) is 24.5 Å². The molecule has 0 aliphatic heterocycles. The van der Waals surface area contributed by atoms with E-state index in [2.05, 4.69) is 51.8 Å². The molecule has 0 amide bonds. The second-order valence-electron chi connectivity index (χ2n) is 6.68. The Balaban J connectivity index is 4.91. The minimum Gasteiger partial charge on any atom is -0.383 e. The summed E-state index contributed by atoms with van der Waals surface area (Å²) >= 11 is 0. The van der Waals surface area contributed by atoms with Gasteiger partial charge in [-0.2, -0.15) is 0 Å². The van der Waals surface area contributed by atoms with Gasteiger partial charge in [0.25, 0.3) is 0 Å². The van der Waals surface area contributed by atoms with Gasteiger partial charge in [0.2, 0.25) is 0 Å². The van der Waals surface area contributed by atoms with Crippen LogP contribution in [-0.2, 0) is 4.74 Å². The summed E-state index contributed by atoms with van der Waals surface area (Å²) < 4.78 is 5.33. The minimum absolute atomic E-state index is 0.376. The molecule has 0 aromatic carbocycles. The molecule has 0 bridgehead atoms. The van der Waals surface area contributed by atoms with Crippen LogP contribution in [0.1, 0.15) is 67.2 Å². The average molecular weight is 301 g/mol. The molecule has 0 heterocycles. The molecule has 3 nitrogen and oxygen atoms in total. The van der Waals surface area contributed by atoms with E-state index in [-0.39, 0.29) is 0 Å². The summed E-state index contributed by atoms with van der Waals surface area (Å²) in [6.07, 6.45) is 4.91. The van der Waals surface area contributed by atoms with Crippen LogP contribution in [0.2, 0.25) is 0 Å². The number of hydrogen-bond acceptors (Lipinski definition) is 3. The average Bonchev–Trinajstić information content (AvgIpc) is 2.49. The quantitative estimate of drug-likeness (QED) is 0.558. The number of rotatable bonds is 13. The lowest BCUT2D eigenvalue weighted by atomic mass is 9.81. The van der Waals surface area contributed by atoms with Crippen LogP contribution < -0.4 is 5.32 Å². The van der Waals surface area contributed by atoms with E-state index in [9.17, 15) is 0 Å². The Kier molecular flexibility index (Phi) is 11.4. The van der Waals surface area contributed by atoms with Gasteiger partial charge in [-0.25, -0.2) is 0 Å². The van der Waals surface area contributed by atoms with Crippen molar-refractivity contribution in [1.82, 2.24) is 10.2 Å². The van der Waals surface area contributed by atoms with Crippen molar-refractivity contribution in [2.45, 2.75) is 79.3 Å². The van der Waals surface area contributed by atoms with E-state index in [1.54, 1.807) is 7.11 Å². The van der Waals surface area contributed by atoms with Gasteiger partial charge in [-0.15, -0.1) is 0 Å². The van der Waals surface area contributed by atoms with Gasteiger partial charge in [-0.3, -0.25) is 4.90 Å². The second-order valence-corrected chi connectivity index (χ2v) is 6.68. The first-order chi connectivity index (χ1) is 9.98. The highest BCUT2D eigenvalue weighted by Crippen LogP contribution is 2.28. The van der Waals surface area contributed by atoms with Crippen molar-refractivity contribution < 1.29 is 4.74 Å². The van der Waals surface area contributed by atoms with Crippen LogP contribution >= 0.6 is 0 Å². The zero-order valence-electron chi connectivity index (χ0n) is 15.7. The third kappa shape index (κ3) is 7.62. The smallest absolute Gasteiger partial charge is 0.0589 e. The van der Waals surface area contributed by atoms with E-state index >= 15 is 0 Å². The summed E-state index contributed by atoms with van der Waals surface area (Å²) in [5, 5.41) is 3.67. The fraction of sp³-hybridized carbons (Fsp3) is 1.00. The molecule has 0 rings (SSSR count). The molecule has 0 radical (unpaired) electrons. The maximum Gasteiger partial charge on any atom is 0.0589 e. The first-order valence-corrected chi connectivity index (χ1v) is 8.94. The highest BCUT2D eigenvalue weighted by Gasteiger charge is 2.30. The van der Waals surface area contributed by atoms with E-state index in [1.807, 2.05) is 0 Å². The molecule has 0 aromatic heterocycles. The number of hydrogen-bond donors (Lipinski definition) is 1. The number of nitrogens with one attached hydrogen (secondary N) is 1. The van der Waals surface area contributed by atoms with E-state index in [0.717, 1.165) is 19.7 Å². The van der Waals surface area contributed by atoms with Gasteiger partial charge in [-0.05, 0) is 31.1 Å². The lowest BCUT2D eigenvalue weighted by Crippen LogP contribution is -2.49. The zero-order chi connectivity index (χ0) is 16.3. The van der Waals surface area contributed by atoms with Gasteiger partial charge in [0.05, 0.1) is 6.61 Å². The molecule has 0 saturated carbocycles. The molecule has 0 aliphatic carbocycles. The highest BCUT2D eigenvalue weighted by molar-refractivity contribution is 4.85. The standard InChI is InChI=1S/C18H40N2O/c1-8-17(9-2)20(12-13-21-7)15-18(10-3,11-4)14-19-16(5)6/h16-17,19H,8-15H2,1-7H3. The fourth-order valence-electron chi connectivity index (χ4n) is 3.04. The Bertz CT molecular complexity index is 235. The molecule has 0 unspecified atom stereocenters. The van der Waals surface area contributed by atoms with Gasteiger partial charge in [-0.1, -0.05) is 41.5 Å². The first kappa shape index (κ1) is 20.9. The Labute approximate surface area is 133 Å². The van der Waals surface area contributed by atoms with Crippen molar-refractivity contribution in [3.8, 4) is 0 Å². The zero-order valence-corrected chi connectivity index (χ0v) is 15.7. The van der Waals surface area contributed by atoms with Crippen LogP contribution in [0.3, 0.4) is 0 Å². The number of nitrogens with zero attached hydrogens (tertiary/aromatic N) is 1. The van der Waals surface area contributed by atoms with Crippen LogP contribution in [0.4, 0.5) is 0 Å². The van der Waals surface area contributed by atoms with E-state index in [0.29, 0.717) is 17.5 Å². The van der Waals surface area contributed by atoms with Crippen molar-refractivity contribution in [3.63, 3.8) is 0 Å². The van der Waals surface area contributed by atoms with Gasteiger partial charge >= 0.3 is 0 Å². The maximum absolute atomic E-state index is 5.33. The summed E-state index contributed by atoms with van der Waals surface area (Å²) in [6, 6.07) is 1.24. The fourth-order valence-corrected chi connectivity index (χ4v) is 3.04. The predicted octanol–water partition coefficient (Wildman–Crippen LogP) is 3.93.